The summed E-state index contributed by atoms with van der Waals surface area (Å²) in [5, 5.41) is 0.211. The fourth-order valence-corrected chi connectivity index (χ4v) is 3.57. The summed E-state index contributed by atoms with van der Waals surface area (Å²) in [6, 6.07) is 4.57. The Morgan fingerprint density at radius 3 is 2.35 bits per heavy atom. The summed E-state index contributed by atoms with van der Waals surface area (Å²) in [5.74, 6) is 0.221. The van der Waals surface area contributed by atoms with E-state index in [4.69, 9.17) is 11.6 Å². The van der Waals surface area contributed by atoms with Crippen molar-refractivity contribution in [2.24, 2.45) is 5.92 Å². The molecule has 1 aromatic rings. The summed E-state index contributed by atoms with van der Waals surface area (Å²) in [6.45, 7) is 5.74. The van der Waals surface area contributed by atoms with Gasteiger partial charge in [0.25, 0.3) is 0 Å². The molecular weight excluding hydrogens is 326 g/mol. The van der Waals surface area contributed by atoms with Crippen LogP contribution in [0, 0.1) is 5.92 Å². The standard InChI is InChI=1S/C11H15BrClNO2S/c1-7(2)8(3)14-17(15,16)11-5-4-9(12)6-10(11)13/h4-8,14H,1-3H3/t8-/m0/s1. The van der Waals surface area contributed by atoms with Gasteiger partial charge in [0.2, 0.25) is 10.0 Å². The molecule has 1 atom stereocenters. The Kier molecular flexibility index (Phi) is 5.01. The molecule has 0 spiro atoms. The summed E-state index contributed by atoms with van der Waals surface area (Å²) in [6.07, 6.45) is 0. The van der Waals surface area contributed by atoms with Crippen LogP contribution < -0.4 is 4.72 Å². The van der Waals surface area contributed by atoms with Crippen molar-refractivity contribution in [3.63, 3.8) is 0 Å². The van der Waals surface area contributed by atoms with E-state index >= 15 is 0 Å². The van der Waals surface area contributed by atoms with Crippen LogP contribution in [0.1, 0.15) is 20.8 Å². The molecule has 0 aliphatic carbocycles. The van der Waals surface area contributed by atoms with E-state index in [-0.39, 0.29) is 21.9 Å². The highest BCUT2D eigenvalue weighted by Crippen LogP contribution is 2.25. The minimum atomic E-state index is -3.55. The molecular formula is C11H15BrClNO2S. The highest BCUT2D eigenvalue weighted by atomic mass is 79.9. The van der Waals surface area contributed by atoms with Crippen molar-refractivity contribution in [1.29, 1.82) is 0 Å². The van der Waals surface area contributed by atoms with Crippen LogP contribution in [0.25, 0.3) is 0 Å². The van der Waals surface area contributed by atoms with E-state index in [1.165, 1.54) is 6.07 Å². The van der Waals surface area contributed by atoms with E-state index in [1.54, 1.807) is 12.1 Å². The van der Waals surface area contributed by atoms with E-state index in [9.17, 15) is 8.42 Å². The first kappa shape index (κ1) is 15.0. The topological polar surface area (TPSA) is 46.2 Å². The summed E-state index contributed by atoms with van der Waals surface area (Å²) >= 11 is 9.17. The first-order valence-corrected chi connectivity index (χ1v) is 7.87. The lowest BCUT2D eigenvalue weighted by Crippen LogP contribution is -2.36. The minimum Gasteiger partial charge on any atom is -0.208 e. The van der Waals surface area contributed by atoms with Gasteiger partial charge in [0.1, 0.15) is 4.90 Å². The Balaban J connectivity index is 3.06. The molecule has 0 radical (unpaired) electrons. The Hall–Kier alpha value is -0.100. The highest BCUT2D eigenvalue weighted by Gasteiger charge is 2.21. The zero-order chi connectivity index (χ0) is 13.2. The molecule has 0 fully saturated rings. The first-order chi connectivity index (χ1) is 7.74. The zero-order valence-corrected chi connectivity index (χ0v) is 13.0. The normalized spacial score (nSPS) is 14.0. The summed E-state index contributed by atoms with van der Waals surface area (Å²) in [5.41, 5.74) is 0. The number of halogens is 2. The molecule has 1 N–H and O–H groups in total. The van der Waals surface area contributed by atoms with Gasteiger partial charge < -0.3 is 0 Å². The average molecular weight is 341 g/mol. The van der Waals surface area contributed by atoms with Crippen molar-refractivity contribution in [2.75, 3.05) is 0 Å². The van der Waals surface area contributed by atoms with Crippen LogP contribution in [0.15, 0.2) is 27.6 Å². The number of sulfonamides is 1. The predicted molar refractivity (Wildman–Crippen MR) is 73.8 cm³/mol. The second-order valence-corrected chi connectivity index (χ2v) is 7.23. The second-order valence-electron chi connectivity index (χ2n) is 4.23. The van der Waals surface area contributed by atoms with E-state index < -0.39 is 10.0 Å². The maximum absolute atomic E-state index is 12.1. The third kappa shape index (κ3) is 3.95. The molecule has 0 bridgehead atoms. The lowest BCUT2D eigenvalue weighted by Gasteiger charge is -2.18. The van der Waals surface area contributed by atoms with Crippen molar-refractivity contribution in [2.45, 2.75) is 31.7 Å². The van der Waals surface area contributed by atoms with E-state index in [0.29, 0.717) is 0 Å². The van der Waals surface area contributed by atoms with Crippen molar-refractivity contribution in [3.8, 4) is 0 Å². The van der Waals surface area contributed by atoms with E-state index in [0.717, 1.165) is 4.47 Å². The molecule has 0 unspecified atom stereocenters. The number of nitrogens with one attached hydrogen (secondary N) is 1. The number of rotatable bonds is 4. The van der Waals surface area contributed by atoms with Gasteiger partial charge >= 0.3 is 0 Å². The van der Waals surface area contributed by atoms with Crippen molar-refractivity contribution in [3.05, 3.63) is 27.7 Å². The molecule has 96 valence electrons. The number of benzene rings is 1. The van der Waals surface area contributed by atoms with Crippen LogP contribution in [0.4, 0.5) is 0 Å². The van der Waals surface area contributed by atoms with Gasteiger partial charge in [-0.05, 0) is 31.0 Å². The lowest BCUT2D eigenvalue weighted by atomic mass is 10.1. The molecule has 1 rings (SSSR count). The van der Waals surface area contributed by atoms with E-state index in [2.05, 4.69) is 20.7 Å². The Morgan fingerprint density at radius 1 is 1.29 bits per heavy atom. The van der Waals surface area contributed by atoms with Crippen molar-refractivity contribution >= 4 is 37.6 Å². The SMILES string of the molecule is CC(C)[C@H](C)NS(=O)(=O)c1ccc(Br)cc1Cl. The predicted octanol–water partition coefficient (Wildman–Crippen LogP) is 3.43. The van der Waals surface area contributed by atoms with Gasteiger partial charge in [-0.2, -0.15) is 0 Å². The van der Waals surface area contributed by atoms with Gasteiger partial charge in [0.05, 0.1) is 5.02 Å². The minimum absolute atomic E-state index is 0.106. The molecule has 6 heteroatoms. The van der Waals surface area contributed by atoms with Crippen LogP contribution in [-0.2, 0) is 10.0 Å². The summed E-state index contributed by atoms with van der Waals surface area (Å²) in [7, 11) is -3.55. The fourth-order valence-electron chi connectivity index (χ4n) is 1.14. The zero-order valence-electron chi connectivity index (χ0n) is 9.87. The maximum Gasteiger partial charge on any atom is 0.242 e. The van der Waals surface area contributed by atoms with E-state index in [1.807, 2.05) is 20.8 Å². The van der Waals surface area contributed by atoms with Crippen LogP contribution in [-0.4, -0.2) is 14.5 Å². The molecule has 0 saturated carbocycles. The second kappa shape index (κ2) is 5.69. The molecule has 3 nitrogen and oxygen atoms in total. The van der Waals surface area contributed by atoms with Gasteiger partial charge in [-0.3, -0.25) is 0 Å². The van der Waals surface area contributed by atoms with Crippen LogP contribution in [0.2, 0.25) is 5.02 Å². The average Bonchev–Trinajstić information content (AvgIpc) is 2.15. The molecule has 0 aromatic heterocycles. The summed E-state index contributed by atoms with van der Waals surface area (Å²) < 4.78 is 27.5. The van der Waals surface area contributed by atoms with Crippen LogP contribution >= 0.6 is 27.5 Å². The van der Waals surface area contributed by atoms with Crippen LogP contribution in [0.5, 0.6) is 0 Å². The third-order valence-corrected chi connectivity index (χ3v) is 5.06. The Bertz CT molecular complexity index is 502. The molecule has 0 aliphatic heterocycles. The number of hydrogen-bond donors (Lipinski definition) is 1. The smallest absolute Gasteiger partial charge is 0.208 e. The molecule has 0 aliphatic rings. The molecule has 1 aromatic carbocycles. The molecule has 17 heavy (non-hydrogen) atoms. The lowest BCUT2D eigenvalue weighted by molar-refractivity contribution is 0.476. The first-order valence-electron chi connectivity index (χ1n) is 5.21. The van der Waals surface area contributed by atoms with Crippen molar-refractivity contribution < 1.29 is 8.42 Å². The van der Waals surface area contributed by atoms with Gasteiger partial charge in [-0.15, -0.1) is 0 Å². The van der Waals surface area contributed by atoms with Gasteiger partial charge in [0.15, 0.2) is 0 Å². The Morgan fingerprint density at radius 2 is 1.88 bits per heavy atom. The molecule has 0 saturated heterocycles. The molecule has 0 heterocycles. The maximum atomic E-state index is 12.1. The largest absolute Gasteiger partial charge is 0.242 e. The highest BCUT2D eigenvalue weighted by molar-refractivity contribution is 9.10. The quantitative estimate of drug-likeness (QED) is 0.913. The number of hydrogen-bond acceptors (Lipinski definition) is 2. The van der Waals surface area contributed by atoms with Crippen LogP contribution in [0.3, 0.4) is 0 Å². The van der Waals surface area contributed by atoms with Crippen molar-refractivity contribution in [1.82, 2.24) is 4.72 Å². The van der Waals surface area contributed by atoms with Gasteiger partial charge in [-0.1, -0.05) is 41.4 Å². The Labute approximate surface area is 116 Å². The summed E-state index contributed by atoms with van der Waals surface area (Å²) in [4.78, 5) is 0.106. The monoisotopic (exact) mass is 339 g/mol. The van der Waals surface area contributed by atoms with Gasteiger partial charge in [0, 0.05) is 10.5 Å². The fraction of sp³-hybridized carbons (Fsp3) is 0.455. The molecule has 0 amide bonds. The van der Waals surface area contributed by atoms with Gasteiger partial charge in [-0.25, -0.2) is 13.1 Å². The third-order valence-electron chi connectivity index (χ3n) is 2.52.